The van der Waals surface area contributed by atoms with Gasteiger partial charge >= 0.3 is 0 Å². The van der Waals surface area contributed by atoms with E-state index in [-0.39, 0.29) is 18.3 Å². The average molecular weight is 261 g/mol. The van der Waals surface area contributed by atoms with E-state index in [1.165, 1.54) is 32.1 Å². The highest BCUT2D eigenvalue weighted by Gasteiger charge is 2.30. The molecule has 3 nitrogen and oxygen atoms in total. The molecular weight excluding hydrogens is 236 g/mol. The smallest absolute Gasteiger partial charge is 0.223 e. The molecule has 17 heavy (non-hydrogen) atoms. The molecule has 0 saturated heterocycles. The van der Waals surface area contributed by atoms with E-state index in [0.29, 0.717) is 17.9 Å². The highest BCUT2D eigenvalue weighted by atomic mass is 35.5. The molecule has 0 aliphatic heterocycles. The summed E-state index contributed by atoms with van der Waals surface area (Å²) in [5.74, 6) is 1.10. The first-order valence-corrected chi connectivity index (χ1v) is 6.81. The largest absolute Gasteiger partial charge is 0.353 e. The van der Waals surface area contributed by atoms with Gasteiger partial charge in [-0.2, -0.15) is 0 Å². The van der Waals surface area contributed by atoms with Crippen LogP contribution >= 0.6 is 12.4 Å². The molecule has 0 spiro atoms. The molecule has 0 aromatic carbocycles. The zero-order chi connectivity index (χ0) is 11.4. The molecule has 2 aliphatic carbocycles. The van der Waals surface area contributed by atoms with Gasteiger partial charge in [0.1, 0.15) is 0 Å². The van der Waals surface area contributed by atoms with Crippen LogP contribution in [-0.4, -0.2) is 18.5 Å². The van der Waals surface area contributed by atoms with Gasteiger partial charge in [-0.1, -0.05) is 25.7 Å². The van der Waals surface area contributed by atoms with Crippen molar-refractivity contribution in [2.75, 3.05) is 6.54 Å². The van der Waals surface area contributed by atoms with E-state index in [4.69, 9.17) is 5.73 Å². The van der Waals surface area contributed by atoms with Crippen molar-refractivity contribution in [3.8, 4) is 0 Å². The summed E-state index contributed by atoms with van der Waals surface area (Å²) in [5, 5.41) is 3.23. The minimum Gasteiger partial charge on any atom is -0.353 e. The molecule has 3 N–H and O–H groups in total. The molecule has 2 rings (SSSR count). The number of hydrogen-bond acceptors (Lipinski definition) is 2. The van der Waals surface area contributed by atoms with E-state index in [2.05, 4.69) is 5.32 Å². The first-order chi connectivity index (χ1) is 7.81. The maximum absolute atomic E-state index is 12.1. The second kappa shape index (κ2) is 7.22. The summed E-state index contributed by atoms with van der Waals surface area (Å²) in [6.07, 6.45) is 9.46. The van der Waals surface area contributed by atoms with Gasteiger partial charge in [0.2, 0.25) is 5.91 Å². The summed E-state index contributed by atoms with van der Waals surface area (Å²) in [6.45, 7) is 0.718. The lowest BCUT2D eigenvalue weighted by Gasteiger charge is -2.25. The minimum absolute atomic E-state index is 0. The number of hydrogen-bond donors (Lipinski definition) is 2. The first-order valence-electron chi connectivity index (χ1n) is 6.81. The fraction of sp³-hybridized carbons (Fsp3) is 0.923. The highest BCUT2D eigenvalue weighted by Crippen LogP contribution is 2.27. The number of amides is 1. The summed E-state index contributed by atoms with van der Waals surface area (Å²) >= 11 is 0. The number of nitrogens with two attached hydrogens (primary N) is 1. The predicted molar refractivity (Wildman–Crippen MR) is 72.1 cm³/mol. The predicted octanol–water partition coefficient (Wildman–Crippen LogP) is 2.23. The van der Waals surface area contributed by atoms with Gasteiger partial charge in [-0.25, -0.2) is 0 Å². The lowest BCUT2D eigenvalue weighted by molar-refractivity contribution is -0.126. The Hall–Kier alpha value is -0.280. The zero-order valence-electron chi connectivity index (χ0n) is 10.5. The van der Waals surface area contributed by atoms with Crippen LogP contribution in [0.4, 0.5) is 0 Å². The van der Waals surface area contributed by atoms with Crippen LogP contribution in [0.2, 0.25) is 0 Å². The standard InChI is InChI=1S/C13H24N2O.ClH/c14-9-11-7-4-8-12(11)15-13(16)10-5-2-1-3-6-10;/h10-12H,1-9,14H2,(H,15,16);1H. The van der Waals surface area contributed by atoms with Gasteiger partial charge in [0.25, 0.3) is 0 Å². The van der Waals surface area contributed by atoms with E-state index >= 15 is 0 Å². The maximum Gasteiger partial charge on any atom is 0.223 e. The van der Waals surface area contributed by atoms with Crippen molar-refractivity contribution in [2.45, 2.75) is 57.4 Å². The third kappa shape index (κ3) is 3.85. The van der Waals surface area contributed by atoms with Crippen molar-refractivity contribution in [2.24, 2.45) is 17.6 Å². The Balaban J connectivity index is 0.00000144. The Morgan fingerprint density at radius 2 is 1.76 bits per heavy atom. The number of rotatable bonds is 3. The maximum atomic E-state index is 12.1. The lowest BCUT2D eigenvalue weighted by Crippen LogP contribution is -2.43. The molecule has 0 aromatic heterocycles. The first kappa shape index (κ1) is 14.8. The van der Waals surface area contributed by atoms with Gasteiger partial charge in [0.15, 0.2) is 0 Å². The Labute approximate surface area is 110 Å². The van der Waals surface area contributed by atoms with E-state index in [1.807, 2.05) is 0 Å². The van der Waals surface area contributed by atoms with Gasteiger partial charge in [-0.3, -0.25) is 4.79 Å². The van der Waals surface area contributed by atoms with Gasteiger partial charge < -0.3 is 11.1 Å². The van der Waals surface area contributed by atoms with Crippen LogP contribution in [-0.2, 0) is 4.79 Å². The summed E-state index contributed by atoms with van der Waals surface area (Å²) in [7, 11) is 0. The van der Waals surface area contributed by atoms with Crippen LogP contribution in [0.5, 0.6) is 0 Å². The summed E-state index contributed by atoms with van der Waals surface area (Å²) < 4.78 is 0. The molecule has 2 unspecified atom stereocenters. The highest BCUT2D eigenvalue weighted by molar-refractivity contribution is 5.85. The number of halogens is 1. The fourth-order valence-electron chi connectivity index (χ4n) is 3.17. The van der Waals surface area contributed by atoms with Crippen molar-refractivity contribution in [1.29, 1.82) is 0 Å². The number of carbonyl (C=O) groups is 1. The quantitative estimate of drug-likeness (QED) is 0.818. The van der Waals surface area contributed by atoms with Crippen LogP contribution in [0.1, 0.15) is 51.4 Å². The van der Waals surface area contributed by atoms with Gasteiger partial charge in [-0.15, -0.1) is 12.4 Å². The minimum atomic E-state index is 0. The molecule has 2 atom stereocenters. The zero-order valence-corrected chi connectivity index (χ0v) is 11.3. The summed E-state index contributed by atoms with van der Waals surface area (Å²) in [4.78, 5) is 12.1. The Bertz CT molecular complexity index is 242. The van der Waals surface area contributed by atoms with Crippen molar-refractivity contribution in [3.63, 3.8) is 0 Å². The molecule has 0 aromatic rings. The SMILES string of the molecule is Cl.NCC1CCCC1NC(=O)C1CCCCC1. The van der Waals surface area contributed by atoms with Crippen molar-refractivity contribution >= 4 is 18.3 Å². The number of carbonyl (C=O) groups excluding carboxylic acids is 1. The monoisotopic (exact) mass is 260 g/mol. The number of nitrogens with one attached hydrogen (secondary N) is 1. The molecule has 0 radical (unpaired) electrons. The molecule has 0 heterocycles. The van der Waals surface area contributed by atoms with E-state index in [9.17, 15) is 4.79 Å². The normalized spacial score (nSPS) is 29.7. The molecular formula is C13H25ClN2O. The molecule has 2 fully saturated rings. The van der Waals surface area contributed by atoms with Crippen LogP contribution in [0.3, 0.4) is 0 Å². The van der Waals surface area contributed by atoms with E-state index in [0.717, 1.165) is 25.8 Å². The summed E-state index contributed by atoms with van der Waals surface area (Å²) in [6, 6.07) is 0.361. The van der Waals surface area contributed by atoms with Crippen LogP contribution in [0, 0.1) is 11.8 Å². The Kier molecular flexibility index (Phi) is 6.28. The van der Waals surface area contributed by atoms with Gasteiger partial charge in [0.05, 0.1) is 0 Å². The van der Waals surface area contributed by atoms with Crippen LogP contribution in [0.15, 0.2) is 0 Å². The van der Waals surface area contributed by atoms with Crippen LogP contribution in [0.25, 0.3) is 0 Å². The second-order valence-electron chi connectivity index (χ2n) is 5.38. The topological polar surface area (TPSA) is 55.1 Å². The second-order valence-corrected chi connectivity index (χ2v) is 5.38. The van der Waals surface area contributed by atoms with Crippen LogP contribution < -0.4 is 11.1 Å². The third-order valence-electron chi connectivity index (χ3n) is 4.27. The van der Waals surface area contributed by atoms with Crippen molar-refractivity contribution < 1.29 is 4.79 Å². The molecule has 2 saturated carbocycles. The lowest BCUT2D eigenvalue weighted by atomic mass is 9.88. The third-order valence-corrected chi connectivity index (χ3v) is 4.27. The van der Waals surface area contributed by atoms with Gasteiger partial charge in [0, 0.05) is 12.0 Å². The fourth-order valence-corrected chi connectivity index (χ4v) is 3.17. The van der Waals surface area contributed by atoms with E-state index in [1.54, 1.807) is 0 Å². The summed E-state index contributed by atoms with van der Waals surface area (Å²) in [5.41, 5.74) is 5.73. The molecule has 100 valence electrons. The molecule has 0 bridgehead atoms. The molecule has 4 heteroatoms. The van der Waals surface area contributed by atoms with Crippen molar-refractivity contribution in [3.05, 3.63) is 0 Å². The van der Waals surface area contributed by atoms with Crippen molar-refractivity contribution in [1.82, 2.24) is 5.32 Å². The average Bonchev–Trinajstić information content (AvgIpc) is 2.77. The molecule has 1 amide bonds. The van der Waals surface area contributed by atoms with E-state index < -0.39 is 0 Å². The Morgan fingerprint density at radius 3 is 2.41 bits per heavy atom. The van der Waals surface area contributed by atoms with Gasteiger partial charge in [-0.05, 0) is 38.1 Å². The Morgan fingerprint density at radius 1 is 1.06 bits per heavy atom. The molecule has 2 aliphatic rings.